The number of nitrogens with one attached hydrogen (secondary N) is 1. The van der Waals surface area contributed by atoms with Crippen molar-refractivity contribution in [1.29, 1.82) is 5.26 Å². The molecular weight excluding hydrogens is 248 g/mol. The molecule has 3 nitrogen and oxygen atoms in total. The van der Waals surface area contributed by atoms with Gasteiger partial charge in [-0.25, -0.2) is 0 Å². The summed E-state index contributed by atoms with van der Waals surface area (Å²) in [6.45, 7) is 2.22. The Labute approximate surface area is 117 Å². The summed E-state index contributed by atoms with van der Waals surface area (Å²) in [5.41, 5.74) is 4.03. The summed E-state index contributed by atoms with van der Waals surface area (Å²) in [5, 5.41) is 9.23. The highest BCUT2D eigenvalue weighted by atomic mass is 16.1. The van der Waals surface area contributed by atoms with E-state index in [0.717, 1.165) is 41.6 Å². The fourth-order valence-electron chi connectivity index (χ4n) is 3.00. The van der Waals surface area contributed by atoms with Gasteiger partial charge in [0.15, 0.2) is 0 Å². The zero-order valence-electron chi connectivity index (χ0n) is 11.4. The Morgan fingerprint density at radius 2 is 2.00 bits per heavy atom. The van der Waals surface area contributed by atoms with Crippen molar-refractivity contribution in [2.24, 2.45) is 5.92 Å². The van der Waals surface area contributed by atoms with Gasteiger partial charge in [-0.1, -0.05) is 37.3 Å². The fraction of sp³-hybridized carbons (Fsp3) is 0.294. The van der Waals surface area contributed by atoms with Gasteiger partial charge < -0.3 is 4.98 Å². The third kappa shape index (κ3) is 2.04. The van der Waals surface area contributed by atoms with Gasteiger partial charge >= 0.3 is 0 Å². The second-order valence-electron chi connectivity index (χ2n) is 5.49. The molecule has 3 heteroatoms. The third-order valence-corrected chi connectivity index (χ3v) is 4.05. The summed E-state index contributed by atoms with van der Waals surface area (Å²) in [6, 6.07) is 12.0. The molecule has 1 aliphatic rings. The van der Waals surface area contributed by atoms with E-state index in [1.165, 1.54) is 0 Å². The van der Waals surface area contributed by atoms with Crippen LogP contribution in [0.2, 0.25) is 0 Å². The predicted octanol–water partition coefficient (Wildman–Crippen LogP) is 3.04. The number of H-pyrrole nitrogens is 1. The molecule has 1 aromatic heterocycles. The fourth-order valence-corrected chi connectivity index (χ4v) is 3.00. The van der Waals surface area contributed by atoms with E-state index in [4.69, 9.17) is 0 Å². The first-order valence-electron chi connectivity index (χ1n) is 6.94. The second-order valence-corrected chi connectivity index (χ2v) is 5.49. The van der Waals surface area contributed by atoms with Crippen LogP contribution in [-0.4, -0.2) is 4.98 Å². The molecule has 1 N–H and O–H groups in total. The van der Waals surface area contributed by atoms with Crippen LogP contribution in [0.4, 0.5) is 0 Å². The molecule has 0 bridgehead atoms. The van der Waals surface area contributed by atoms with Crippen LogP contribution in [0.3, 0.4) is 0 Å². The van der Waals surface area contributed by atoms with E-state index in [2.05, 4.69) is 18.0 Å². The first-order chi connectivity index (χ1) is 9.70. The molecule has 1 atom stereocenters. The highest BCUT2D eigenvalue weighted by Crippen LogP contribution is 2.32. The first-order valence-corrected chi connectivity index (χ1v) is 6.94. The molecule has 0 saturated heterocycles. The number of hydrogen-bond donors (Lipinski definition) is 1. The third-order valence-electron chi connectivity index (χ3n) is 4.05. The van der Waals surface area contributed by atoms with E-state index < -0.39 is 0 Å². The summed E-state index contributed by atoms with van der Waals surface area (Å²) in [4.78, 5) is 15.0. The zero-order valence-corrected chi connectivity index (χ0v) is 11.4. The van der Waals surface area contributed by atoms with Gasteiger partial charge in [-0.05, 0) is 41.9 Å². The van der Waals surface area contributed by atoms with Crippen molar-refractivity contribution in [2.45, 2.75) is 26.2 Å². The van der Waals surface area contributed by atoms with E-state index in [1.807, 2.05) is 30.3 Å². The van der Waals surface area contributed by atoms with Crippen LogP contribution in [0.15, 0.2) is 35.1 Å². The summed E-state index contributed by atoms with van der Waals surface area (Å²) in [6.07, 6.45) is 2.79. The monoisotopic (exact) mass is 264 g/mol. The lowest BCUT2D eigenvalue weighted by Gasteiger charge is -2.24. The normalized spacial score (nSPS) is 17.3. The SMILES string of the molecule is C[C@@H]1CCc2c(c(-c3ccccc3)[nH]c(=O)c2C#N)C1. The van der Waals surface area contributed by atoms with Crippen LogP contribution in [-0.2, 0) is 12.8 Å². The number of aromatic nitrogens is 1. The minimum Gasteiger partial charge on any atom is -0.321 e. The maximum Gasteiger partial charge on any atom is 0.266 e. The molecule has 1 aromatic carbocycles. The lowest BCUT2D eigenvalue weighted by Crippen LogP contribution is -2.22. The van der Waals surface area contributed by atoms with E-state index in [9.17, 15) is 10.1 Å². The molecule has 0 spiro atoms. The second kappa shape index (κ2) is 4.97. The number of hydrogen-bond acceptors (Lipinski definition) is 2. The Bertz CT molecular complexity index is 738. The first kappa shape index (κ1) is 12.7. The smallest absolute Gasteiger partial charge is 0.266 e. The molecule has 1 heterocycles. The Morgan fingerprint density at radius 3 is 2.70 bits per heavy atom. The van der Waals surface area contributed by atoms with Gasteiger partial charge in [0, 0.05) is 0 Å². The lowest BCUT2D eigenvalue weighted by atomic mass is 9.81. The topological polar surface area (TPSA) is 56.6 Å². The Morgan fingerprint density at radius 1 is 1.25 bits per heavy atom. The van der Waals surface area contributed by atoms with Crippen LogP contribution in [0.1, 0.15) is 30.0 Å². The molecule has 0 radical (unpaired) electrons. The van der Waals surface area contributed by atoms with E-state index in [0.29, 0.717) is 11.5 Å². The molecule has 0 amide bonds. The van der Waals surface area contributed by atoms with Crippen molar-refractivity contribution in [2.75, 3.05) is 0 Å². The van der Waals surface area contributed by atoms with Gasteiger partial charge in [-0.3, -0.25) is 4.79 Å². The largest absolute Gasteiger partial charge is 0.321 e. The highest BCUT2D eigenvalue weighted by Gasteiger charge is 2.24. The average molecular weight is 264 g/mol. The Kier molecular flexibility index (Phi) is 3.15. The number of fused-ring (bicyclic) bond motifs is 1. The molecule has 3 rings (SSSR count). The molecule has 0 unspecified atom stereocenters. The number of rotatable bonds is 1. The van der Waals surface area contributed by atoms with Crippen LogP contribution < -0.4 is 5.56 Å². The van der Waals surface area contributed by atoms with Crippen molar-refractivity contribution < 1.29 is 0 Å². The Balaban J connectivity index is 2.29. The van der Waals surface area contributed by atoms with E-state index in [-0.39, 0.29) is 5.56 Å². The minimum absolute atomic E-state index is 0.264. The summed E-state index contributed by atoms with van der Waals surface area (Å²) in [5.74, 6) is 0.586. The highest BCUT2D eigenvalue weighted by molar-refractivity contribution is 5.66. The zero-order chi connectivity index (χ0) is 14.1. The number of nitriles is 1. The molecule has 0 saturated carbocycles. The number of nitrogens with zero attached hydrogens (tertiary/aromatic N) is 1. The van der Waals surface area contributed by atoms with Crippen molar-refractivity contribution in [1.82, 2.24) is 4.98 Å². The van der Waals surface area contributed by atoms with Crippen molar-refractivity contribution in [3.63, 3.8) is 0 Å². The standard InChI is InChI=1S/C17H16N2O/c1-11-7-8-13-14(9-11)16(12-5-3-2-4-6-12)19-17(20)15(13)10-18/h2-6,11H,7-9H2,1H3,(H,19,20)/t11-/m1/s1. The van der Waals surface area contributed by atoms with Gasteiger partial charge in [0.25, 0.3) is 5.56 Å². The number of pyridine rings is 1. The minimum atomic E-state index is -0.264. The summed E-state index contributed by atoms with van der Waals surface area (Å²) >= 11 is 0. The molecule has 0 fully saturated rings. The van der Waals surface area contributed by atoms with E-state index in [1.54, 1.807) is 0 Å². The number of benzene rings is 1. The van der Waals surface area contributed by atoms with Gasteiger partial charge in [0.2, 0.25) is 0 Å². The average Bonchev–Trinajstić information content (AvgIpc) is 2.48. The van der Waals surface area contributed by atoms with E-state index >= 15 is 0 Å². The summed E-state index contributed by atoms with van der Waals surface area (Å²) < 4.78 is 0. The van der Waals surface area contributed by atoms with Gasteiger partial charge in [0.05, 0.1) is 5.69 Å². The van der Waals surface area contributed by atoms with Crippen LogP contribution in [0.5, 0.6) is 0 Å². The molecule has 100 valence electrons. The van der Waals surface area contributed by atoms with Crippen molar-refractivity contribution in [3.05, 3.63) is 57.4 Å². The number of aromatic amines is 1. The van der Waals surface area contributed by atoms with Gasteiger partial charge in [-0.15, -0.1) is 0 Å². The maximum absolute atomic E-state index is 12.1. The maximum atomic E-state index is 12.1. The molecule has 20 heavy (non-hydrogen) atoms. The van der Waals surface area contributed by atoms with Gasteiger partial charge in [0.1, 0.15) is 11.6 Å². The quantitative estimate of drug-likeness (QED) is 0.860. The lowest BCUT2D eigenvalue weighted by molar-refractivity contribution is 0.499. The molecule has 0 aliphatic heterocycles. The molecule has 1 aliphatic carbocycles. The Hall–Kier alpha value is -2.34. The molecule has 2 aromatic rings. The predicted molar refractivity (Wildman–Crippen MR) is 78.4 cm³/mol. The van der Waals surface area contributed by atoms with Crippen LogP contribution in [0, 0.1) is 17.2 Å². The summed E-state index contributed by atoms with van der Waals surface area (Å²) in [7, 11) is 0. The van der Waals surface area contributed by atoms with Crippen molar-refractivity contribution >= 4 is 0 Å². The van der Waals surface area contributed by atoms with Gasteiger partial charge in [-0.2, -0.15) is 5.26 Å². The molecular formula is C17H16N2O. The van der Waals surface area contributed by atoms with Crippen molar-refractivity contribution in [3.8, 4) is 17.3 Å². The van der Waals surface area contributed by atoms with Crippen LogP contribution in [0.25, 0.3) is 11.3 Å². The van der Waals surface area contributed by atoms with Crippen LogP contribution >= 0.6 is 0 Å².